The van der Waals surface area contributed by atoms with E-state index in [9.17, 15) is 18.7 Å². The molecular formula is C24H22F2N2O5. The fourth-order valence-corrected chi connectivity index (χ4v) is 3.57. The van der Waals surface area contributed by atoms with Gasteiger partial charge in [0.05, 0.1) is 37.3 Å². The molecule has 0 unspecified atom stereocenters. The van der Waals surface area contributed by atoms with Crippen LogP contribution in [0.1, 0.15) is 5.56 Å². The summed E-state index contributed by atoms with van der Waals surface area (Å²) < 4.78 is 39.5. The summed E-state index contributed by atoms with van der Waals surface area (Å²) in [6.45, 7) is -0.350. The molecule has 0 bridgehead atoms. The number of methoxy groups -OCH3 is 1. The predicted molar refractivity (Wildman–Crippen MR) is 118 cm³/mol. The number of ether oxygens (including phenoxy) is 2. The number of aromatic amines is 1. The molecule has 4 rings (SSSR count). The first-order chi connectivity index (χ1) is 15.9. The third-order valence-corrected chi connectivity index (χ3v) is 5.28. The number of aliphatic hydroxyl groups excluding tert-OH is 2. The molecule has 1 heterocycles. The number of benzene rings is 3. The van der Waals surface area contributed by atoms with Crippen molar-refractivity contribution in [2.45, 2.75) is 19.3 Å². The lowest BCUT2D eigenvalue weighted by Crippen LogP contribution is -2.27. The molecule has 0 fully saturated rings. The number of rotatable bonds is 8. The van der Waals surface area contributed by atoms with Gasteiger partial charge in [0.2, 0.25) is 0 Å². The molecule has 0 radical (unpaired) electrons. The SMILES string of the molecule is COc1cc(F)c(F)cc1-c1ccc(OCc2cccc3c(=O)n(C[C@H](O)CO)[nH]c23)cc1. The van der Waals surface area contributed by atoms with Crippen LogP contribution in [-0.4, -0.2) is 39.8 Å². The number of nitrogens with one attached hydrogen (secondary N) is 1. The molecule has 1 atom stereocenters. The number of halogens is 2. The summed E-state index contributed by atoms with van der Waals surface area (Å²) in [6, 6.07) is 14.1. The summed E-state index contributed by atoms with van der Waals surface area (Å²) in [5, 5.41) is 22.1. The van der Waals surface area contributed by atoms with Gasteiger partial charge in [0.25, 0.3) is 5.56 Å². The van der Waals surface area contributed by atoms with E-state index in [-0.39, 0.29) is 24.5 Å². The van der Waals surface area contributed by atoms with Crippen LogP contribution in [0.15, 0.2) is 59.4 Å². The molecule has 0 saturated heterocycles. The maximum atomic E-state index is 13.7. The van der Waals surface area contributed by atoms with Crippen molar-refractivity contribution in [3.05, 3.63) is 82.1 Å². The highest BCUT2D eigenvalue weighted by atomic mass is 19.2. The Bertz CT molecular complexity index is 1330. The molecule has 0 saturated carbocycles. The molecule has 172 valence electrons. The Labute approximate surface area is 187 Å². The van der Waals surface area contributed by atoms with Crippen molar-refractivity contribution in [3.8, 4) is 22.6 Å². The van der Waals surface area contributed by atoms with E-state index in [1.54, 1.807) is 36.4 Å². The van der Waals surface area contributed by atoms with E-state index >= 15 is 0 Å². The summed E-state index contributed by atoms with van der Waals surface area (Å²) in [5.41, 5.74) is 2.05. The monoisotopic (exact) mass is 456 g/mol. The lowest BCUT2D eigenvalue weighted by molar-refractivity contribution is 0.0776. The summed E-state index contributed by atoms with van der Waals surface area (Å²) in [4.78, 5) is 12.5. The average molecular weight is 456 g/mol. The van der Waals surface area contributed by atoms with Crippen molar-refractivity contribution in [2.75, 3.05) is 13.7 Å². The second kappa shape index (κ2) is 9.43. The van der Waals surface area contributed by atoms with Gasteiger partial charge in [-0.05, 0) is 29.8 Å². The number of hydrogen-bond donors (Lipinski definition) is 3. The zero-order valence-corrected chi connectivity index (χ0v) is 17.7. The molecule has 1 aromatic heterocycles. The van der Waals surface area contributed by atoms with E-state index in [0.29, 0.717) is 27.8 Å². The highest BCUT2D eigenvalue weighted by molar-refractivity contribution is 5.81. The van der Waals surface area contributed by atoms with Crippen molar-refractivity contribution in [2.24, 2.45) is 0 Å². The molecular weight excluding hydrogens is 434 g/mol. The van der Waals surface area contributed by atoms with Crippen LogP contribution in [0.3, 0.4) is 0 Å². The number of hydrogen-bond acceptors (Lipinski definition) is 5. The van der Waals surface area contributed by atoms with E-state index in [0.717, 1.165) is 17.7 Å². The standard InChI is InChI=1S/C24H22F2N2O5/c1-32-22-10-21(26)20(25)9-19(22)14-5-7-17(8-6-14)33-13-15-3-2-4-18-23(15)27-28(24(18)31)11-16(30)12-29/h2-10,16,27,29-30H,11-13H2,1H3/t16-/m0/s1. The van der Waals surface area contributed by atoms with Crippen molar-refractivity contribution in [3.63, 3.8) is 0 Å². The number of aromatic nitrogens is 2. The zero-order chi connectivity index (χ0) is 23.5. The second-order valence-electron chi connectivity index (χ2n) is 7.48. The van der Waals surface area contributed by atoms with Crippen LogP contribution >= 0.6 is 0 Å². The number of fused-ring (bicyclic) bond motifs is 1. The van der Waals surface area contributed by atoms with E-state index < -0.39 is 24.3 Å². The smallest absolute Gasteiger partial charge is 0.274 e. The minimum absolute atomic E-state index is 0.0563. The molecule has 33 heavy (non-hydrogen) atoms. The summed E-state index contributed by atoms with van der Waals surface area (Å²) in [5.74, 6) is -1.20. The maximum Gasteiger partial charge on any atom is 0.274 e. The molecule has 0 spiro atoms. The second-order valence-corrected chi connectivity index (χ2v) is 7.48. The fraction of sp³-hybridized carbons (Fsp3) is 0.208. The van der Waals surface area contributed by atoms with Crippen molar-refractivity contribution in [1.82, 2.24) is 9.78 Å². The highest BCUT2D eigenvalue weighted by Crippen LogP contribution is 2.33. The van der Waals surface area contributed by atoms with E-state index in [1.807, 2.05) is 6.07 Å². The number of H-pyrrole nitrogens is 1. The molecule has 9 heteroatoms. The van der Waals surface area contributed by atoms with Crippen LogP contribution in [-0.2, 0) is 13.2 Å². The number of para-hydroxylation sites is 1. The Morgan fingerprint density at radius 3 is 2.52 bits per heavy atom. The summed E-state index contributed by atoms with van der Waals surface area (Å²) in [7, 11) is 1.39. The van der Waals surface area contributed by atoms with Crippen LogP contribution in [0.2, 0.25) is 0 Å². The van der Waals surface area contributed by atoms with Gasteiger partial charge in [0.1, 0.15) is 18.1 Å². The van der Waals surface area contributed by atoms with E-state index in [1.165, 1.54) is 11.8 Å². The van der Waals surface area contributed by atoms with Gasteiger partial charge in [0, 0.05) is 17.2 Å². The zero-order valence-electron chi connectivity index (χ0n) is 17.7. The van der Waals surface area contributed by atoms with Crippen LogP contribution in [0.4, 0.5) is 8.78 Å². The summed E-state index contributed by atoms with van der Waals surface area (Å²) in [6.07, 6.45) is -1.05. The average Bonchev–Trinajstić information content (AvgIpc) is 3.15. The first-order valence-electron chi connectivity index (χ1n) is 10.2. The molecule has 7 nitrogen and oxygen atoms in total. The number of nitrogens with zero attached hydrogens (tertiary/aromatic N) is 1. The van der Waals surface area contributed by atoms with Gasteiger partial charge < -0.3 is 19.7 Å². The Morgan fingerprint density at radius 1 is 1.09 bits per heavy atom. The minimum Gasteiger partial charge on any atom is -0.496 e. The normalized spacial score (nSPS) is 12.2. The third-order valence-electron chi connectivity index (χ3n) is 5.28. The third kappa shape index (κ3) is 4.59. The molecule has 0 aliphatic carbocycles. The predicted octanol–water partition coefficient (Wildman–Crippen LogP) is 3.22. The van der Waals surface area contributed by atoms with E-state index in [2.05, 4.69) is 5.10 Å². The minimum atomic E-state index is -1.05. The van der Waals surface area contributed by atoms with Crippen molar-refractivity contribution >= 4 is 10.9 Å². The molecule has 0 aliphatic rings. The van der Waals surface area contributed by atoms with Gasteiger partial charge in [0.15, 0.2) is 11.6 Å². The van der Waals surface area contributed by atoms with Gasteiger partial charge in [-0.1, -0.05) is 24.3 Å². The highest BCUT2D eigenvalue weighted by Gasteiger charge is 2.14. The van der Waals surface area contributed by atoms with Crippen LogP contribution < -0.4 is 15.0 Å². The Kier molecular flexibility index (Phi) is 6.43. The molecule has 0 amide bonds. The number of aliphatic hydroxyl groups is 2. The quantitative estimate of drug-likeness (QED) is 0.378. The van der Waals surface area contributed by atoms with Crippen LogP contribution in [0.5, 0.6) is 11.5 Å². The first kappa shape index (κ1) is 22.5. The lowest BCUT2D eigenvalue weighted by Gasteiger charge is -2.11. The van der Waals surface area contributed by atoms with Gasteiger partial charge in [-0.15, -0.1) is 0 Å². The van der Waals surface area contributed by atoms with Crippen molar-refractivity contribution in [1.29, 1.82) is 0 Å². The molecule has 0 aliphatic heterocycles. The van der Waals surface area contributed by atoms with Gasteiger partial charge in [-0.25, -0.2) is 13.5 Å². The van der Waals surface area contributed by atoms with E-state index in [4.69, 9.17) is 14.6 Å². The van der Waals surface area contributed by atoms with Gasteiger partial charge >= 0.3 is 0 Å². The van der Waals surface area contributed by atoms with Crippen molar-refractivity contribution < 1.29 is 28.5 Å². The topological polar surface area (TPSA) is 96.7 Å². The Balaban J connectivity index is 1.54. The molecule has 3 N–H and O–H groups in total. The van der Waals surface area contributed by atoms with Gasteiger partial charge in [-0.2, -0.15) is 0 Å². The molecule has 4 aromatic rings. The first-order valence-corrected chi connectivity index (χ1v) is 10.2. The van der Waals surface area contributed by atoms with Crippen LogP contribution in [0.25, 0.3) is 22.0 Å². The van der Waals surface area contributed by atoms with Gasteiger partial charge in [-0.3, -0.25) is 9.89 Å². The lowest BCUT2D eigenvalue weighted by atomic mass is 10.0. The fourth-order valence-electron chi connectivity index (χ4n) is 3.57. The Morgan fingerprint density at radius 2 is 1.82 bits per heavy atom. The molecule has 3 aromatic carbocycles. The summed E-state index contributed by atoms with van der Waals surface area (Å²) >= 11 is 0. The van der Waals surface area contributed by atoms with Crippen LogP contribution in [0, 0.1) is 11.6 Å². The maximum absolute atomic E-state index is 13.7. The Hall–Kier alpha value is -3.69. The largest absolute Gasteiger partial charge is 0.496 e.